The van der Waals surface area contributed by atoms with Crippen molar-refractivity contribution in [3.8, 4) is 17.0 Å². The molecule has 0 amide bonds. The molecule has 9 nitrogen and oxygen atoms in total. The van der Waals surface area contributed by atoms with Crippen LogP contribution in [0.2, 0.25) is 0 Å². The van der Waals surface area contributed by atoms with E-state index in [4.69, 9.17) is 14.5 Å². The van der Waals surface area contributed by atoms with E-state index in [1.807, 2.05) is 30.3 Å². The first-order valence-electron chi connectivity index (χ1n) is 14.4. The Morgan fingerprint density at radius 2 is 1.65 bits per heavy atom. The number of carbonyl (C=O) groups is 1. The molecule has 9 heteroatoms. The molecule has 0 radical (unpaired) electrons. The van der Waals surface area contributed by atoms with Gasteiger partial charge in [0.2, 0.25) is 5.95 Å². The number of aromatic nitrogens is 2. The zero-order chi connectivity index (χ0) is 27.1. The van der Waals surface area contributed by atoms with Crippen LogP contribution < -0.4 is 15.0 Å². The summed E-state index contributed by atoms with van der Waals surface area (Å²) in [5, 5.41) is 3.45. The molecule has 5 heterocycles. The normalized spacial score (nSPS) is 22.4. The molecule has 0 unspecified atom stereocenters. The molecule has 7 rings (SSSR count). The number of carbonyl (C=O) groups excluding carboxylic acids is 1. The van der Waals surface area contributed by atoms with Gasteiger partial charge in [-0.25, -0.2) is 9.97 Å². The van der Waals surface area contributed by atoms with E-state index in [-0.39, 0.29) is 0 Å². The number of ether oxygens (including phenoxy) is 2. The molecule has 3 aromatic rings. The van der Waals surface area contributed by atoms with E-state index in [2.05, 4.69) is 43.2 Å². The number of nitrogens with one attached hydrogen (secondary N) is 1. The molecule has 0 saturated carbocycles. The van der Waals surface area contributed by atoms with Gasteiger partial charge in [0.25, 0.3) is 0 Å². The number of hydrogen-bond donors (Lipinski definition) is 1. The summed E-state index contributed by atoms with van der Waals surface area (Å²) >= 11 is 0. The number of piperazine rings is 1. The Morgan fingerprint density at radius 1 is 0.825 bits per heavy atom. The smallest absolute Gasteiger partial charge is 0.227 e. The van der Waals surface area contributed by atoms with E-state index in [0.717, 1.165) is 94.6 Å². The number of morpholine rings is 1. The Morgan fingerprint density at radius 3 is 2.50 bits per heavy atom. The van der Waals surface area contributed by atoms with Gasteiger partial charge in [0, 0.05) is 75.4 Å². The molecular formula is C31H38N6O3. The minimum absolute atomic E-state index is 0.325. The number of ketones is 1. The first-order valence-corrected chi connectivity index (χ1v) is 14.4. The maximum absolute atomic E-state index is 12.7. The average molecular weight is 543 g/mol. The van der Waals surface area contributed by atoms with Gasteiger partial charge in [-0.2, -0.15) is 0 Å². The van der Waals surface area contributed by atoms with Gasteiger partial charge in [-0.15, -0.1) is 0 Å². The molecule has 1 aromatic heterocycles. The summed E-state index contributed by atoms with van der Waals surface area (Å²) in [5.74, 6) is 1.69. The Hall–Kier alpha value is -3.53. The van der Waals surface area contributed by atoms with E-state index in [1.165, 1.54) is 11.3 Å². The van der Waals surface area contributed by atoms with Crippen molar-refractivity contribution in [1.82, 2.24) is 19.8 Å². The molecule has 210 valence electrons. The van der Waals surface area contributed by atoms with Gasteiger partial charge < -0.3 is 19.7 Å². The Kier molecular flexibility index (Phi) is 8.51. The zero-order valence-electron chi connectivity index (χ0n) is 23.1. The number of rotatable bonds is 1. The van der Waals surface area contributed by atoms with E-state index >= 15 is 0 Å². The molecule has 2 saturated heterocycles. The van der Waals surface area contributed by atoms with Crippen molar-refractivity contribution >= 4 is 23.1 Å². The maximum Gasteiger partial charge on any atom is 0.227 e. The molecule has 8 bridgehead atoms. The third-order valence-corrected chi connectivity index (χ3v) is 7.85. The maximum atomic E-state index is 12.7. The van der Waals surface area contributed by atoms with Crippen LogP contribution in [0.5, 0.6) is 5.75 Å². The van der Waals surface area contributed by atoms with Crippen LogP contribution in [-0.2, 0) is 16.1 Å². The fourth-order valence-electron chi connectivity index (χ4n) is 5.65. The van der Waals surface area contributed by atoms with Gasteiger partial charge in [0.15, 0.2) is 0 Å². The Labute approximate surface area is 236 Å². The molecule has 40 heavy (non-hydrogen) atoms. The van der Waals surface area contributed by atoms with Crippen LogP contribution in [0.25, 0.3) is 11.3 Å². The van der Waals surface area contributed by atoms with E-state index in [9.17, 15) is 4.79 Å². The molecule has 0 spiro atoms. The molecule has 0 aliphatic carbocycles. The number of fused-ring (bicyclic) bond motifs is 8. The summed E-state index contributed by atoms with van der Waals surface area (Å²) in [5.41, 5.74) is 5.31. The lowest BCUT2D eigenvalue weighted by Crippen LogP contribution is -2.47. The highest BCUT2D eigenvalue weighted by Gasteiger charge is 2.22. The largest absolute Gasteiger partial charge is 0.494 e. The van der Waals surface area contributed by atoms with Crippen molar-refractivity contribution in [2.75, 3.05) is 75.9 Å². The standard InChI is InChI=1S/C31H38N6O3/c38-27-5-1-2-17-40-28-6-3-4-24(21-28)29-9-10-32-31(34-29)33-26-7-8-30(37-15-18-39-19-16-37)25(20-26)22-35-11-13-36(23-27)14-12-35/h3-4,6-10,20-21H,1-2,5,11-19,22-23H2,(H,32,33,34). The van der Waals surface area contributed by atoms with E-state index in [1.54, 1.807) is 6.20 Å². The molecule has 2 fully saturated rings. The van der Waals surface area contributed by atoms with Crippen molar-refractivity contribution in [3.63, 3.8) is 0 Å². The minimum atomic E-state index is 0.325. The molecule has 2 aromatic carbocycles. The van der Waals surface area contributed by atoms with E-state index < -0.39 is 0 Å². The van der Waals surface area contributed by atoms with Gasteiger partial charge >= 0.3 is 0 Å². The highest BCUT2D eigenvalue weighted by molar-refractivity contribution is 5.80. The second-order valence-electron chi connectivity index (χ2n) is 10.8. The first kappa shape index (κ1) is 26.7. The lowest BCUT2D eigenvalue weighted by atomic mass is 10.1. The zero-order valence-corrected chi connectivity index (χ0v) is 23.1. The second kappa shape index (κ2) is 12.8. The molecule has 4 aliphatic rings. The van der Waals surface area contributed by atoms with Gasteiger partial charge in [0.1, 0.15) is 11.5 Å². The molecule has 0 atom stereocenters. The number of nitrogens with zero attached hydrogens (tertiary/aromatic N) is 5. The van der Waals surface area contributed by atoms with Crippen LogP contribution in [0.1, 0.15) is 24.8 Å². The third kappa shape index (κ3) is 6.78. The quantitative estimate of drug-likeness (QED) is 0.491. The van der Waals surface area contributed by atoms with Crippen molar-refractivity contribution in [1.29, 1.82) is 0 Å². The third-order valence-electron chi connectivity index (χ3n) is 7.85. The molecular weight excluding hydrogens is 504 g/mol. The minimum Gasteiger partial charge on any atom is -0.494 e. The summed E-state index contributed by atoms with van der Waals surface area (Å²) in [6, 6.07) is 16.5. The lowest BCUT2D eigenvalue weighted by molar-refractivity contribution is -0.120. The summed E-state index contributed by atoms with van der Waals surface area (Å²) < 4.78 is 11.6. The van der Waals surface area contributed by atoms with Crippen LogP contribution in [0, 0.1) is 0 Å². The van der Waals surface area contributed by atoms with Crippen molar-refractivity contribution in [2.24, 2.45) is 0 Å². The number of hydrogen-bond acceptors (Lipinski definition) is 9. The Bertz CT molecular complexity index is 1300. The summed E-state index contributed by atoms with van der Waals surface area (Å²) in [4.78, 5) is 29.2. The fourth-order valence-corrected chi connectivity index (χ4v) is 5.65. The van der Waals surface area contributed by atoms with Gasteiger partial charge in [-0.05, 0) is 54.8 Å². The predicted molar refractivity (Wildman–Crippen MR) is 156 cm³/mol. The highest BCUT2D eigenvalue weighted by atomic mass is 16.5. The number of Topliss-reactive ketones (excluding diaryl/α,β-unsaturated/α-hetero) is 1. The molecule has 4 aliphatic heterocycles. The van der Waals surface area contributed by atoms with Crippen LogP contribution in [0.3, 0.4) is 0 Å². The topological polar surface area (TPSA) is 83.1 Å². The summed E-state index contributed by atoms with van der Waals surface area (Å²) in [6.45, 7) is 9.01. The lowest BCUT2D eigenvalue weighted by Gasteiger charge is -2.36. The summed E-state index contributed by atoms with van der Waals surface area (Å²) in [7, 11) is 0. The van der Waals surface area contributed by atoms with E-state index in [0.29, 0.717) is 31.3 Å². The van der Waals surface area contributed by atoms with Crippen LogP contribution in [0.4, 0.5) is 17.3 Å². The summed E-state index contributed by atoms with van der Waals surface area (Å²) in [6.07, 6.45) is 4.10. The van der Waals surface area contributed by atoms with Crippen molar-refractivity contribution < 1.29 is 14.3 Å². The Balaban J connectivity index is 1.29. The van der Waals surface area contributed by atoms with Crippen LogP contribution >= 0.6 is 0 Å². The fraction of sp³-hybridized carbons (Fsp3) is 0.452. The van der Waals surface area contributed by atoms with Gasteiger partial charge in [-0.3, -0.25) is 14.6 Å². The predicted octanol–water partition coefficient (Wildman–Crippen LogP) is 3.97. The van der Waals surface area contributed by atoms with Crippen LogP contribution in [0.15, 0.2) is 54.7 Å². The molecule has 1 N–H and O–H groups in total. The van der Waals surface area contributed by atoms with Gasteiger partial charge in [0.05, 0.1) is 32.1 Å². The number of anilines is 3. The number of benzene rings is 2. The first-order chi connectivity index (χ1) is 19.7. The average Bonchev–Trinajstić information content (AvgIpc) is 2.98. The SMILES string of the molecule is O=C1CCCCOc2cccc(c2)-c2ccnc(n2)Nc2ccc(N3CCOCC3)c(c2)CN2CCN(CC2)C1. The monoisotopic (exact) mass is 542 g/mol. The van der Waals surface area contributed by atoms with Crippen LogP contribution in [-0.4, -0.2) is 91.2 Å². The second-order valence-corrected chi connectivity index (χ2v) is 10.8. The van der Waals surface area contributed by atoms with Crippen molar-refractivity contribution in [3.05, 3.63) is 60.3 Å². The van der Waals surface area contributed by atoms with Crippen molar-refractivity contribution in [2.45, 2.75) is 25.8 Å². The highest BCUT2D eigenvalue weighted by Crippen LogP contribution is 2.29. The van der Waals surface area contributed by atoms with Gasteiger partial charge in [-0.1, -0.05) is 12.1 Å².